The van der Waals surface area contributed by atoms with E-state index in [9.17, 15) is 9.18 Å². The number of thioether (sulfide) groups is 1. The lowest BCUT2D eigenvalue weighted by molar-refractivity contribution is -0.113. The highest BCUT2D eigenvalue weighted by Gasteiger charge is 2.18. The number of halogens is 1. The zero-order valence-electron chi connectivity index (χ0n) is 19.4. The van der Waals surface area contributed by atoms with Crippen LogP contribution in [0.25, 0.3) is 11.4 Å². The molecule has 1 aromatic heterocycles. The summed E-state index contributed by atoms with van der Waals surface area (Å²) in [5.74, 6) is 0.450. The molecule has 8 nitrogen and oxygen atoms in total. The first-order chi connectivity index (χ1) is 16.5. The monoisotopic (exact) mass is 484 g/mol. The zero-order valence-corrected chi connectivity index (χ0v) is 20.2. The lowest BCUT2D eigenvalue weighted by Crippen LogP contribution is -2.38. The van der Waals surface area contributed by atoms with Gasteiger partial charge in [-0.1, -0.05) is 11.8 Å². The summed E-state index contributed by atoms with van der Waals surface area (Å²) in [5.41, 5.74) is 2.60. The van der Waals surface area contributed by atoms with Crippen molar-refractivity contribution >= 4 is 29.0 Å². The predicted octanol–water partition coefficient (Wildman–Crippen LogP) is 3.21. The van der Waals surface area contributed by atoms with Crippen molar-refractivity contribution in [3.8, 4) is 11.4 Å². The number of anilines is 2. The second-order valence-electron chi connectivity index (χ2n) is 8.20. The van der Waals surface area contributed by atoms with Gasteiger partial charge in [0.25, 0.3) is 0 Å². The minimum atomic E-state index is -0.298. The maximum Gasteiger partial charge on any atom is 0.234 e. The van der Waals surface area contributed by atoms with Gasteiger partial charge in [-0.2, -0.15) is 0 Å². The Labute approximate surface area is 203 Å². The molecule has 4 rings (SSSR count). The summed E-state index contributed by atoms with van der Waals surface area (Å²) in [6.07, 6.45) is 0. The molecular weight excluding hydrogens is 455 g/mol. The van der Waals surface area contributed by atoms with E-state index in [0.717, 1.165) is 49.8 Å². The second-order valence-corrected chi connectivity index (χ2v) is 9.14. The van der Waals surface area contributed by atoms with Crippen molar-refractivity contribution in [2.75, 3.05) is 62.9 Å². The fourth-order valence-corrected chi connectivity index (χ4v) is 4.41. The quantitative estimate of drug-likeness (QED) is 0.468. The summed E-state index contributed by atoms with van der Waals surface area (Å²) < 4.78 is 20.9. The number of hydrogen-bond acceptors (Lipinski definition) is 7. The summed E-state index contributed by atoms with van der Waals surface area (Å²) in [5, 5.41) is 12.3. The molecule has 0 radical (unpaired) electrons. The highest BCUT2D eigenvalue weighted by molar-refractivity contribution is 7.99. The van der Waals surface area contributed by atoms with Gasteiger partial charge in [0.15, 0.2) is 11.0 Å². The van der Waals surface area contributed by atoms with Crippen molar-refractivity contribution in [1.29, 1.82) is 0 Å². The minimum absolute atomic E-state index is 0.117. The third-order valence-corrected chi connectivity index (χ3v) is 6.53. The molecule has 1 saturated heterocycles. The molecule has 10 heteroatoms. The van der Waals surface area contributed by atoms with Gasteiger partial charge in [-0.05, 0) is 48.5 Å². The van der Waals surface area contributed by atoms with Crippen molar-refractivity contribution < 1.29 is 13.9 Å². The fraction of sp³-hybridized carbons (Fsp3) is 0.375. The van der Waals surface area contributed by atoms with Gasteiger partial charge < -0.3 is 19.5 Å². The van der Waals surface area contributed by atoms with E-state index in [1.807, 2.05) is 47.8 Å². The standard InChI is InChI=1S/C24H29FN6O2S/c1-29(2)21-9-7-20(8-10-21)26-22(32)17-34-24-28-27-23(18-3-5-19(25)6-4-18)31(24)12-11-30-13-15-33-16-14-30/h3-10H,11-17H2,1-2H3,(H,26,32). The molecule has 180 valence electrons. The largest absolute Gasteiger partial charge is 0.379 e. The third kappa shape index (κ3) is 6.34. The highest BCUT2D eigenvalue weighted by atomic mass is 32.2. The van der Waals surface area contributed by atoms with Crippen LogP contribution in [-0.2, 0) is 16.1 Å². The molecule has 0 atom stereocenters. The van der Waals surface area contributed by atoms with Crippen LogP contribution in [-0.4, -0.2) is 78.3 Å². The number of benzene rings is 2. The molecule has 2 aromatic carbocycles. The van der Waals surface area contributed by atoms with Crippen LogP contribution in [0.5, 0.6) is 0 Å². The summed E-state index contributed by atoms with van der Waals surface area (Å²) >= 11 is 1.34. The number of rotatable bonds is 9. The van der Waals surface area contributed by atoms with Gasteiger partial charge in [0.1, 0.15) is 5.82 Å². The number of hydrogen-bond donors (Lipinski definition) is 1. The summed E-state index contributed by atoms with van der Waals surface area (Å²) in [4.78, 5) is 16.9. The molecule has 0 spiro atoms. The van der Waals surface area contributed by atoms with Crippen molar-refractivity contribution in [2.45, 2.75) is 11.7 Å². The number of carbonyl (C=O) groups excluding carboxylic acids is 1. The fourth-order valence-electron chi connectivity index (χ4n) is 3.65. The van der Waals surface area contributed by atoms with Gasteiger partial charge in [-0.25, -0.2) is 4.39 Å². The van der Waals surface area contributed by atoms with Crippen LogP contribution in [0, 0.1) is 5.82 Å². The Morgan fingerprint density at radius 2 is 1.76 bits per heavy atom. The first kappa shape index (κ1) is 24.2. The number of morpholine rings is 1. The number of nitrogens with zero attached hydrogens (tertiary/aromatic N) is 5. The van der Waals surface area contributed by atoms with E-state index >= 15 is 0 Å². The lowest BCUT2D eigenvalue weighted by Gasteiger charge is -2.27. The molecule has 2 heterocycles. The average Bonchev–Trinajstić information content (AvgIpc) is 3.25. The molecule has 34 heavy (non-hydrogen) atoms. The summed E-state index contributed by atoms with van der Waals surface area (Å²) in [7, 11) is 3.94. The molecule has 1 aliphatic heterocycles. The third-order valence-electron chi connectivity index (χ3n) is 5.56. The number of amides is 1. The molecule has 1 fully saturated rings. The molecule has 0 unspecified atom stereocenters. The maximum absolute atomic E-state index is 13.4. The number of aromatic nitrogens is 3. The van der Waals surface area contributed by atoms with E-state index in [-0.39, 0.29) is 17.5 Å². The zero-order chi connectivity index (χ0) is 23.9. The van der Waals surface area contributed by atoms with Crippen molar-refractivity contribution in [3.63, 3.8) is 0 Å². The number of carbonyl (C=O) groups is 1. The van der Waals surface area contributed by atoms with Crippen LogP contribution in [0.4, 0.5) is 15.8 Å². The molecule has 1 amide bonds. The van der Waals surface area contributed by atoms with Crippen LogP contribution in [0.15, 0.2) is 53.7 Å². The van der Waals surface area contributed by atoms with Gasteiger partial charge in [0.2, 0.25) is 5.91 Å². The van der Waals surface area contributed by atoms with Gasteiger partial charge in [-0.3, -0.25) is 9.69 Å². The number of ether oxygens (including phenoxy) is 1. The van der Waals surface area contributed by atoms with Gasteiger partial charge in [0.05, 0.1) is 19.0 Å². The van der Waals surface area contributed by atoms with Crippen LogP contribution >= 0.6 is 11.8 Å². The molecule has 3 aromatic rings. The maximum atomic E-state index is 13.4. The van der Waals surface area contributed by atoms with E-state index in [2.05, 4.69) is 20.4 Å². The highest BCUT2D eigenvalue weighted by Crippen LogP contribution is 2.25. The molecular formula is C24H29FN6O2S. The van der Waals surface area contributed by atoms with Crippen molar-refractivity contribution in [1.82, 2.24) is 19.7 Å². The molecule has 0 bridgehead atoms. The molecule has 0 aliphatic carbocycles. The predicted molar refractivity (Wildman–Crippen MR) is 133 cm³/mol. The van der Waals surface area contributed by atoms with E-state index in [0.29, 0.717) is 17.5 Å². The van der Waals surface area contributed by atoms with E-state index in [1.165, 1.54) is 23.9 Å². The molecule has 0 saturated carbocycles. The van der Waals surface area contributed by atoms with E-state index in [1.54, 1.807) is 12.1 Å². The van der Waals surface area contributed by atoms with Crippen LogP contribution < -0.4 is 10.2 Å². The first-order valence-electron chi connectivity index (χ1n) is 11.2. The Morgan fingerprint density at radius 3 is 2.44 bits per heavy atom. The number of nitrogens with one attached hydrogen (secondary N) is 1. The topological polar surface area (TPSA) is 75.5 Å². The normalized spacial score (nSPS) is 14.2. The van der Waals surface area contributed by atoms with Crippen LogP contribution in [0.2, 0.25) is 0 Å². The van der Waals surface area contributed by atoms with E-state index in [4.69, 9.17) is 4.74 Å². The minimum Gasteiger partial charge on any atom is -0.379 e. The molecule has 1 aliphatic rings. The van der Waals surface area contributed by atoms with Gasteiger partial charge in [0, 0.05) is 57.2 Å². The Balaban J connectivity index is 1.44. The molecule has 1 N–H and O–H groups in total. The Kier molecular flexibility index (Phi) is 8.15. The van der Waals surface area contributed by atoms with Crippen LogP contribution in [0.3, 0.4) is 0 Å². The van der Waals surface area contributed by atoms with Crippen molar-refractivity contribution in [3.05, 3.63) is 54.3 Å². The Morgan fingerprint density at radius 1 is 1.06 bits per heavy atom. The van der Waals surface area contributed by atoms with Gasteiger partial charge >= 0.3 is 0 Å². The van der Waals surface area contributed by atoms with Gasteiger partial charge in [-0.15, -0.1) is 10.2 Å². The second kappa shape index (κ2) is 11.5. The van der Waals surface area contributed by atoms with Crippen LogP contribution in [0.1, 0.15) is 0 Å². The summed E-state index contributed by atoms with van der Waals surface area (Å²) in [6.45, 7) is 4.69. The van der Waals surface area contributed by atoms with E-state index < -0.39 is 0 Å². The smallest absolute Gasteiger partial charge is 0.234 e. The SMILES string of the molecule is CN(C)c1ccc(NC(=O)CSc2nnc(-c3ccc(F)cc3)n2CCN2CCOCC2)cc1. The summed E-state index contributed by atoms with van der Waals surface area (Å²) in [6, 6.07) is 13.9. The lowest BCUT2D eigenvalue weighted by atomic mass is 10.2. The Bertz CT molecular complexity index is 1080. The average molecular weight is 485 g/mol. The first-order valence-corrected chi connectivity index (χ1v) is 12.2. The Hall–Kier alpha value is -2.95. The van der Waals surface area contributed by atoms with Crippen molar-refractivity contribution in [2.24, 2.45) is 0 Å².